The fourth-order valence-electron chi connectivity index (χ4n) is 4.56. The molecule has 4 rings (SSSR count). The Labute approximate surface area is 187 Å². The van der Waals surface area contributed by atoms with Gasteiger partial charge < -0.3 is 19.5 Å². The van der Waals surface area contributed by atoms with Crippen LogP contribution in [0.4, 0.5) is 0 Å². The molecule has 168 valence electrons. The second-order valence-electron chi connectivity index (χ2n) is 8.87. The molecule has 6 nitrogen and oxygen atoms in total. The number of amides is 1. The van der Waals surface area contributed by atoms with E-state index < -0.39 is 5.43 Å². The molecule has 1 atom stereocenters. The normalized spacial score (nSPS) is 15.3. The molecule has 0 radical (unpaired) electrons. The van der Waals surface area contributed by atoms with Gasteiger partial charge in [0.25, 0.3) is 0 Å². The van der Waals surface area contributed by atoms with Gasteiger partial charge in [0.2, 0.25) is 5.91 Å². The number of hydrogen-bond acceptors (Lipinski definition) is 5. The minimum absolute atomic E-state index is 0.00642. The van der Waals surface area contributed by atoms with Crippen LogP contribution >= 0.6 is 0 Å². The number of piperidine rings is 1. The lowest BCUT2D eigenvalue weighted by Crippen LogP contribution is -2.36. The van der Waals surface area contributed by atoms with Crippen molar-refractivity contribution in [3.63, 3.8) is 0 Å². The molecule has 1 amide bonds. The average molecular weight is 436 g/mol. The van der Waals surface area contributed by atoms with E-state index in [1.54, 1.807) is 0 Å². The van der Waals surface area contributed by atoms with Gasteiger partial charge in [0.15, 0.2) is 5.43 Å². The Morgan fingerprint density at radius 1 is 1.03 bits per heavy atom. The van der Waals surface area contributed by atoms with Gasteiger partial charge in [0.1, 0.15) is 28.2 Å². The highest BCUT2D eigenvalue weighted by molar-refractivity contribution is 5.90. The lowest BCUT2D eigenvalue weighted by atomic mass is 9.83. The SMILES string of the molecule is CC(C)C(CC(=O)N1CCCCC1)c1c(O)cc(O)c2c(=O)cc(-c3ccccc3)oc12. The van der Waals surface area contributed by atoms with Crippen LogP contribution in [0.15, 0.2) is 51.7 Å². The molecule has 2 heterocycles. The first-order valence-corrected chi connectivity index (χ1v) is 11.2. The third kappa shape index (κ3) is 4.22. The van der Waals surface area contributed by atoms with Crippen molar-refractivity contribution in [1.82, 2.24) is 4.90 Å². The third-order valence-electron chi connectivity index (χ3n) is 6.33. The van der Waals surface area contributed by atoms with Crippen molar-refractivity contribution in [3.05, 3.63) is 58.3 Å². The van der Waals surface area contributed by atoms with Crippen molar-refractivity contribution < 1.29 is 19.4 Å². The van der Waals surface area contributed by atoms with E-state index in [1.165, 1.54) is 12.1 Å². The second-order valence-corrected chi connectivity index (χ2v) is 8.87. The molecule has 32 heavy (non-hydrogen) atoms. The van der Waals surface area contributed by atoms with E-state index in [-0.39, 0.29) is 46.6 Å². The summed E-state index contributed by atoms with van der Waals surface area (Å²) in [5.74, 6) is -0.507. The zero-order valence-corrected chi connectivity index (χ0v) is 18.5. The standard InChI is InChI=1S/C26H29NO5/c1-16(2)18(13-23(31)27-11-7-4-8-12-27)24-19(28)14-20(29)25-21(30)15-22(32-26(24)25)17-9-5-3-6-10-17/h3,5-6,9-10,14-16,18,28-29H,4,7-8,11-13H2,1-2H3. The van der Waals surface area contributed by atoms with Crippen molar-refractivity contribution in [2.24, 2.45) is 5.92 Å². The molecular weight excluding hydrogens is 406 g/mol. The van der Waals surface area contributed by atoms with Gasteiger partial charge in [-0.1, -0.05) is 44.2 Å². The molecule has 1 aliphatic heterocycles. The van der Waals surface area contributed by atoms with E-state index in [2.05, 4.69) is 0 Å². The molecule has 0 aliphatic carbocycles. The van der Waals surface area contributed by atoms with Gasteiger partial charge in [-0.25, -0.2) is 0 Å². The topological polar surface area (TPSA) is 91.0 Å². The molecule has 0 spiro atoms. The van der Waals surface area contributed by atoms with Gasteiger partial charge in [0.05, 0.1) is 0 Å². The number of aromatic hydroxyl groups is 2. The van der Waals surface area contributed by atoms with Crippen LogP contribution in [0.25, 0.3) is 22.3 Å². The van der Waals surface area contributed by atoms with E-state index in [0.717, 1.165) is 32.4 Å². The maximum Gasteiger partial charge on any atom is 0.223 e. The number of carbonyl (C=O) groups excluding carboxylic acids is 1. The molecule has 1 aromatic heterocycles. The Morgan fingerprint density at radius 2 is 1.72 bits per heavy atom. The minimum atomic E-state index is -0.395. The van der Waals surface area contributed by atoms with Crippen LogP contribution in [0.3, 0.4) is 0 Å². The molecule has 0 bridgehead atoms. The zero-order chi connectivity index (χ0) is 22.8. The summed E-state index contributed by atoms with van der Waals surface area (Å²) in [6.07, 6.45) is 3.33. The first-order chi connectivity index (χ1) is 15.4. The van der Waals surface area contributed by atoms with Crippen LogP contribution in [-0.2, 0) is 4.79 Å². The van der Waals surface area contributed by atoms with Crippen LogP contribution in [-0.4, -0.2) is 34.1 Å². The van der Waals surface area contributed by atoms with E-state index >= 15 is 0 Å². The van der Waals surface area contributed by atoms with Gasteiger partial charge in [-0.2, -0.15) is 0 Å². The first-order valence-electron chi connectivity index (χ1n) is 11.2. The highest BCUT2D eigenvalue weighted by Crippen LogP contribution is 2.43. The Bertz CT molecular complexity index is 1180. The van der Waals surface area contributed by atoms with Crippen molar-refractivity contribution in [1.29, 1.82) is 0 Å². The highest BCUT2D eigenvalue weighted by atomic mass is 16.3. The molecule has 1 unspecified atom stereocenters. The molecule has 6 heteroatoms. The number of phenols is 2. The smallest absolute Gasteiger partial charge is 0.223 e. The third-order valence-corrected chi connectivity index (χ3v) is 6.33. The summed E-state index contributed by atoms with van der Waals surface area (Å²) < 4.78 is 6.13. The number of nitrogens with zero attached hydrogens (tertiary/aromatic N) is 1. The Morgan fingerprint density at radius 3 is 2.38 bits per heavy atom. The van der Waals surface area contributed by atoms with Crippen molar-refractivity contribution in [2.45, 2.75) is 45.4 Å². The Hall–Kier alpha value is -3.28. The molecule has 1 aliphatic rings. The summed E-state index contributed by atoms with van der Waals surface area (Å²) in [6.45, 7) is 5.45. The summed E-state index contributed by atoms with van der Waals surface area (Å²) in [6, 6.07) is 11.7. The summed E-state index contributed by atoms with van der Waals surface area (Å²) in [5, 5.41) is 21.3. The van der Waals surface area contributed by atoms with Gasteiger partial charge in [-0.15, -0.1) is 0 Å². The fraction of sp³-hybridized carbons (Fsp3) is 0.385. The summed E-state index contributed by atoms with van der Waals surface area (Å²) >= 11 is 0. The van der Waals surface area contributed by atoms with Crippen LogP contribution in [0.1, 0.15) is 51.0 Å². The summed E-state index contributed by atoms with van der Waals surface area (Å²) in [4.78, 5) is 27.9. The van der Waals surface area contributed by atoms with Crippen molar-refractivity contribution in [3.8, 4) is 22.8 Å². The van der Waals surface area contributed by atoms with E-state index in [1.807, 2.05) is 49.1 Å². The fourth-order valence-corrected chi connectivity index (χ4v) is 4.56. The Kier molecular flexibility index (Phi) is 6.21. The number of rotatable bonds is 5. The zero-order valence-electron chi connectivity index (χ0n) is 18.5. The van der Waals surface area contributed by atoms with E-state index in [4.69, 9.17) is 4.42 Å². The molecule has 1 saturated heterocycles. The quantitative estimate of drug-likeness (QED) is 0.588. The summed E-state index contributed by atoms with van der Waals surface area (Å²) in [7, 11) is 0. The predicted octanol–water partition coefficient (Wildman–Crippen LogP) is 5.01. The number of fused-ring (bicyclic) bond motifs is 1. The molecule has 1 fully saturated rings. The monoisotopic (exact) mass is 435 g/mol. The maximum absolute atomic E-state index is 13.1. The number of hydrogen-bond donors (Lipinski definition) is 2. The lowest BCUT2D eigenvalue weighted by Gasteiger charge is -2.30. The summed E-state index contributed by atoms with van der Waals surface area (Å²) in [5.41, 5.74) is 0.853. The number of carbonyl (C=O) groups is 1. The number of phenolic OH excluding ortho intramolecular Hbond substituents is 2. The van der Waals surface area contributed by atoms with Gasteiger partial charge >= 0.3 is 0 Å². The molecular formula is C26H29NO5. The highest BCUT2D eigenvalue weighted by Gasteiger charge is 2.30. The average Bonchev–Trinajstić information content (AvgIpc) is 2.78. The van der Waals surface area contributed by atoms with Crippen molar-refractivity contribution in [2.75, 3.05) is 13.1 Å². The number of benzene rings is 2. The van der Waals surface area contributed by atoms with E-state index in [0.29, 0.717) is 16.9 Å². The van der Waals surface area contributed by atoms with Gasteiger partial charge in [-0.3, -0.25) is 9.59 Å². The first kappa shape index (κ1) is 21.9. The number of likely N-dealkylation sites (tertiary alicyclic amines) is 1. The molecule has 2 N–H and O–H groups in total. The lowest BCUT2D eigenvalue weighted by molar-refractivity contribution is -0.132. The molecule has 2 aromatic carbocycles. The molecule has 3 aromatic rings. The van der Waals surface area contributed by atoms with Gasteiger partial charge in [0, 0.05) is 48.7 Å². The van der Waals surface area contributed by atoms with Crippen LogP contribution in [0.5, 0.6) is 11.5 Å². The van der Waals surface area contributed by atoms with Crippen LogP contribution < -0.4 is 5.43 Å². The van der Waals surface area contributed by atoms with Gasteiger partial charge in [-0.05, 0) is 25.2 Å². The molecule has 0 saturated carbocycles. The van der Waals surface area contributed by atoms with Crippen LogP contribution in [0, 0.1) is 5.92 Å². The van der Waals surface area contributed by atoms with Crippen molar-refractivity contribution >= 4 is 16.9 Å². The maximum atomic E-state index is 13.1. The Balaban J connectivity index is 1.86. The predicted molar refractivity (Wildman–Crippen MR) is 124 cm³/mol. The van der Waals surface area contributed by atoms with E-state index in [9.17, 15) is 19.8 Å². The van der Waals surface area contributed by atoms with Crippen LogP contribution in [0.2, 0.25) is 0 Å². The largest absolute Gasteiger partial charge is 0.507 e. The second kappa shape index (κ2) is 9.07. The minimum Gasteiger partial charge on any atom is -0.507 e.